The lowest BCUT2D eigenvalue weighted by molar-refractivity contribution is -0.139. The molecule has 0 radical (unpaired) electrons. The molecule has 1 heterocycles. The largest absolute Gasteiger partial charge is 0.493 e. The van der Waals surface area contributed by atoms with Crippen LogP contribution >= 0.6 is 15.9 Å². The molecule has 1 N–H and O–H groups in total. The summed E-state index contributed by atoms with van der Waals surface area (Å²) < 4.78 is 4.99. The molecule has 74 valence electrons. The molecule has 14 heavy (non-hydrogen) atoms. The normalized spacial score (nSPS) is 9.50. The van der Waals surface area contributed by atoms with Gasteiger partial charge in [-0.05, 0) is 22.0 Å². The Hall–Kier alpha value is -1.36. The van der Waals surface area contributed by atoms with E-state index in [4.69, 9.17) is 9.84 Å². The summed E-state index contributed by atoms with van der Waals surface area (Å²) in [6.45, 7) is 3.48. The Morgan fingerprint density at radius 3 is 2.86 bits per heavy atom. The number of esters is 1. The molecule has 1 rings (SSSR count). The first-order valence-corrected chi connectivity index (χ1v) is 4.54. The fraction of sp³-hybridized carbons (Fsp3) is 0.111. The van der Waals surface area contributed by atoms with Crippen molar-refractivity contribution in [1.29, 1.82) is 0 Å². The van der Waals surface area contributed by atoms with Crippen molar-refractivity contribution in [2.75, 3.05) is 0 Å². The number of carbonyl (C=O) groups excluding carboxylic acids is 1. The predicted molar refractivity (Wildman–Crippen MR) is 53.8 cm³/mol. The highest BCUT2D eigenvalue weighted by Gasteiger charge is 2.04. The monoisotopic (exact) mass is 257 g/mol. The Morgan fingerprint density at radius 1 is 1.64 bits per heavy atom. The fourth-order valence-electron chi connectivity index (χ4n) is 0.729. The van der Waals surface area contributed by atoms with Gasteiger partial charge in [0.05, 0.1) is 4.48 Å². The summed E-state index contributed by atoms with van der Waals surface area (Å²) in [6, 6.07) is 3.04. The lowest BCUT2D eigenvalue weighted by Gasteiger charge is -2.02. The molecule has 5 heteroatoms. The fourth-order valence-corrected chi connectivity index (χ4v) is 0.844. The van der Waals surface area contributed by atoms with Crippen LogP contribution in [0.2, 0.25) is 0 Å². The zero-order valence-electron chi connectivity index (χ0n) is 7.24. The van der Waals surface area contributed by atoms with E-state index >= 15 is 0 Å². The third-order valence-electron chi connectivity index (χ3n) is 1.40. The average Bonchev–Trinajstić information content (AvgIpc) is 2.16. The standard InChI is InChI=1S/C9H8BrNO3/c1-6(10)9(13)14-5-7-2-3-8(12)11-4-7/h2-4H,1,5H2,(H,11,12). The van der Waals surface area contributed by atoms with Crippen LogP contribution in [0.3, 0.4) is 0 Å². The molecule has 0 fully saturated rings. The van der Waals surface area contributed by atoms with Gasteiger partial charge in [0.1, 0.15) is 6.61 Å². The van der Waals surface area contributed by atoms with E-state index in [-0.39, 0.29) is 17.0 Å². The number of pyridine rings is 1. The molecule has 0 spiro atoms. The second-order valence-corrected chi connectivity index (χ2v) is 3.46. The summed E-state index contributed by atoms with van der Waals surface area (Å²) in [4.78, 5) is 14.6. The second-order valence-electron chi connectivity index (χ2n) is 2.51. The quantitative estimate of drug-likeness (QED) is 0.662. The molecule has 0 saturated carbocycles. The van der Waals surface area contributed by atoms with Gasteiger partial charge in [0.15, 0.2) is 0 Å². The molecule has 0 aromatic carbocycles. The van der Waals surface area contributed by atoms with Gasteiger partial charge in [0.25, 0.3) is 0 Å². The van der Waals surface area contributed by atoms with Gasteiger partial charge in [-0.3, -0.25) is 0 Å². The number of aromatic nitrogens is 1. The van der Waals surface area contributed by atoms with Crippen molar-refractivity contribution in [3.05, 3.63) is 35.0 Å². The third-order valence-corrected chi connectivity index (χ3v) is 1.72. The van der Waals surface area contributed by atoms with E-state index in [1.54, 1.807) is 6.07 Å². The molecule has 1 aromatic heterocycles. The lowest BCUT2D eigenvalue weighted by atomic mass is 10.3. The van der Waals surface area contributed by atoms with Gasteiger partial charge in [0, 0.05) is 17.8 Å². The molecular formula is C9H8BrNO3. The topological polar surface area (TPSA) is 59.4 Å². The molecular weight excluding hydrogens is 250 g/mol. The van der Waals surface area contributed by atoms with E-state index in [1.165, 1.54) is 12.3 Å². The van der Waals surface area contributed by atoms with Crippen LogP contribution in [-0.4, -0.2) is 16.1 Å². The van der Waals surface area contributed by atoms with Crippen LogP contribution < -0.4 is 0 Å². The van der Waals surface area contributed by atoms with Crippen molar-refractivity contribution < 1.29 is 14.6 Å². The summed E-state index contributed by atoms with van der Waals surface area (Å²) in [5.74, 6) is -0.581. The van der Waals surface area contributed by atoms with Crippen molar-refractivity contribution in [3.63, 3.8) is 0 Å². The average molecular weight is 258 g/mol. The molecule has 1 aromatic rings. The maximum atomic E-state index is 10.9. The van der Waals surface area contributed by atoms with Crippen LogP contribution in [0.15, 0.2) is 29.4 Å². The number of halogens is 1. The number of hydrogen-bond acceptors (Lipinski definition) is 4. The first-order chi connectivity index (χ1) is 6.59. The molecule has 0 atom stereocenters. The van der Waals surface area contributed by atoms with Crippen LogP contribution in [0.4, 0.5) is 0 Å². The van der Waals surface area contributed by atoms with Gasteiger partial charge in [0.2, 0.25) is 5.88 Å². The minimum absolute atomic E-state index is 0.0648. The van der Waals surface area contributed by atoms with E-state index in [0.717, 1.165) is 0 Å². The van der Waals surface area contributed by atoms with E-state index in [2.05, 4.69) is 27.5 Å². The minimum Gasteiger partial charge on any atom is -0.493 e. The van der Waals surface area contributed by atoms with Gasteiger partial charge in [-0.25, -0.2) is 9.78 Å². The number of hydrogen-bond donors (Lipinski definition) is 1. The minimum atomic E-state index is -0.516. The van der Waals surface area contributed by atoms with Gasteiger partial charge in [-0.2, -0.15) is 0 Å². The van der Waals surface area contributed by atoms with Gasteiger partial charge < -0.3 is 9.84 Å². The van der Waals surface area contributed by atoms with E-state index in [0.29, 0.717) is 5.56 Å². The Balaban J connectivity index is 2.50. The smallest absolute Gasteiger partial charge is 0.344 e. The molecule has 0 amide bonds. The van der Waals surface area contributed by atoms with Gasteiger partial charge >= 0.3 is 5.97 Å². The number of ether oxygens (including phenoxy) is 1. The van der Waals surface area contributed by atoms with Crippen molar-refractivity contribution in [3.8, 4) is 5.88 Å². The number of nitrogens with zero attached hydrogens (tertiary/aromatic N) is 1. The molecule has 0 bridgehead atoms. The van der Waals surface area contributed by atoms with Crippen molar-refractivity contribution in [2.45, 2.75) is 6.61 Å². The molecule has 0 aliphatic rings. The highest BCUT2D eigenvalue weighted by atomic mass is 79.9. The van der Waals surface area contributed by atoms with Crippen LogP contribution in [0.5, 0.6) is 5.88 Å². The van der Waals surface area contributed by atoms with Gasteiger partial charge in [-0.15, -0.1) is 0 Å². The summed E-state index contributed by atoms with van der Waals surface area (Å²) in [5, 5.41) is 8.88. The zero-order valence-corrected chi connectivity index (χ0v) is 8.82. The summed E-state index contributed by atoms with van der Waals surface area (Å²) in [7, 11) is 0. The lowest BCUT2D eigenvalue weighted by Crippen LogP contribution is -2.03. The molecule has 0 unspecified atom stereocenters. The SMILES string of the molecule is C=C(Br)C(=O)OCc1ccc(O)nc1. The van der Waals surface area contributed by atoms with Crippen molar-refractivity contribution >= 4 is 21.9 Å². The van der Waals surface area contributed by atoms with Gasteiger partial charge in [-0.1, -0.05) is 6.58 Å². The summed E-state index contributed by atoms with van der Waals surface area (Å²) >= 11 is 2.90. The molecule has 0 saturated heterocycles. The van der Waals surface area contributed by atoms with Crippen LogP contribution in [0, 0.1) is 0 Å². The Bertz CT molecular complexity index is 348. The zero-order chi connectivity index (χ0) is 10.6. The molecule has 0 aliphatic heterocycles. The van der Waals surface area contributed by atoms with Crippen LogP contribution in [-0.2, 0) is 16.1 Å². The maximum Gasteiger partial charge on any atom is 0.344 e. The van der Waals surface area contributed by atoms with Crippen LogP contribution in [0.1, 0.15) is 5.56 Å². The van der Waals surface area contributed by atoms with Crippen LogP contribution in [0.25, 0.3) is 0 Å². The Morgan fingerprint density at radius 2 is 2.36 bits per heavy atom. The van der Waals surface area contributed by atoms with E-state index < -0.39 is 5.97 Å². The second kappa shape index (κ2) is 4.76. The highest BCUT2D eigenvalue weighted by Crippen LogP contribution is 2.09. The first kappa shape index (κ1) is 10.7. The Kier molecular flexibility index (Phi) is 3.64. The summed E-state index contributed by atoms with van der Waals surface area (Å²) in [6.07, 6.45) is 1.43. The molecule has 4 nitrogen and oxygen atoms in total. The Labute approximate surface area is 89.4 Å². The maximum absolute atomic E-state index is 10.9. The van der Waals surface area contributed by atoms with E-state index in [9.17, 15) is 4.79 Å². The number of carbonyl (C=O) groups is 1. The predicted octanol–water partition coefficient (Wildman–Crippen LogP) is 1.74. The summed E-state index contributed by atoms with van der Waals surface area (Å²) in [5.41, 5.74) is 0.699. The van der Waals surface area contributed by atoms with Crippen molar-refractivity contribution in [1.82, 2.24) is 4.98 Å². The number of aromatic hydroxyl groups is 1. The third kappa shape index (κ3) is 3.18. The van der Waals surface area contributed by atoms with Crippen molar-refractivity contribution in [2.24, 2.45) is 0 Å². The first-order valence-electron chi connectivity index (χ1n) is 3.75. The van der Waals surface area contributed by atoms with E-state index in [1.807, 2.05) is 0 Å². The number of rotatable bonds is 3. The molecule has 0 aliphatic carbocycles. The highest BCUT2D eigenvalue weighted by molar-refractivity contribution is 9.12.